The maximum atomic E-state index is 12.7. The fraction of sp³-hybridized carbons (Fsp3) is 0.179. The van der Waals surface area contributed by atoms with E-state index in [-0.39, 0.29) is 35.9 Å². The molecule has 9 heteroatoms. The summed E-state index contributed by atoms with van der Waals surface area (Å²) in [5.41, 5.74) is 2.81. The Hall–Kier alpha value is -4.40. The zero-order valence-corrected chi connectivity index (χ0v) is 19.5. The topological polar surface area (TPSA) is 80.3 Å². The molecule has 1 fully saturated rings. The van der Waals surface area contributed by atoms with Crippen LogP contribution in [0.3, 0.4) is 0 Å². The molecule has 0 bridgehead atoms. The van der Waals surface area contributed by atoms with E-state index in [9.17, 15) is 22.8 Å². The van der Waals surface area contributed by atoms with Crippen LogP contribution in [-0.4, -0.2) is 23.2 Å². The standard InChI is InChI=1S/C28H22F3N3O3/c29-28(30,31)37-23-9-1-17(2-10-23)15-33-26(35)19-5-3-18(4-6-19)24-14-25(24)27(36)34-22-8-7-21-16-32-12-11-20(21)13-22/h1-13,16,24-25H,14-15H2,(H,33,35)(H,34,36)/t24-,25+/m0/s1. The summed E-state index contributed by atoms with van der Waals surface area (Å²) >= 11 is 0. The fourth-order valence-corrected chi connectivity index (χ4v) is 4.22. The van der Waals surface area contributed by atoms with E-state index in [0.717, 1.165) is 28.4 Å². The van der Waals surface area contributed by atoms with Crippen LogP contribution in [-0.2, 0) is 11.3 Å². The van der Waals surface area contributed by atoms with Crippen LogP contribution in [0, 0.1) is 5.92 Å². The number of aromatic nitrogens is 1. The Balaban J connectivity index is 1.12. The van der Waals surface area contributed by atoms with Gasteiger partial charge < -0.3 is 15.4 Å². The number of rotatable bonds is 7. The van der Waals surface area contributed by atoms with Crippen molar-refractivity contribution in [1.29, 1.82) is 0 Å². The number of carbonyl (C=O) groups is 2. The van der Waals surface area contributed by atoms with Crippen molar-refractivity contribution in [3.05, 3.63) is 102 Å². The quantitative estimate of drug-likeness (QED) is 0.333. The Kier molecular flexibility index (Phi) is 6.52. The van der Waals surface area contributed by atoms with E-state index in [1.54, 1.807) is 24.5 Å². The SMILES string of the molecule is O=C(NCc1ccc(OC(F)(F)F)cc1)c1ccc([C@@H]2C[C@H]2C(=O)Nc2ccc3cnccc3c2)cc1. The molecule has 1 heterocycles. The molecule has 188 valence electrons. The van der Waals surface area contributed by atoms with Gasteiger partial charge in [0.05, 0.1) is 0 Å². The molecule has 2 amide bonds. The summed E-state index contributed by atoms with van der Waals surface area (Å²) in [6, 6.07) is 20.0. The number of carbonyl (C=O) groups excluding carboxylic acids is 2. The Labute approximate surface area is 210 Å². The highest BCUT2D eigenvalue weighted by molar-refractivity contribution is 5.97. The molecule has 2 N–H and O–H groups in total. The number of anilines is 1. The third-order valence-corrected chi connectivity index (χ3v) is 6.25. The number of nitrogens with zero attached hydrogens (tertiary/aromatic N) is 1. The molecule has 0 saturated heterocycles. The number of hydrogen-bond acceptors (Lipinski definition) is 4. The molecular formula is C28H22F3N3O3. The number of hydrogen-bond donors (Lipinski definition) is 2. The van der Waals surface area contributed by atoms with Crippen molar-refractivity contribution >= 4 is 28.3 Å². The summed E-state index contributed by atoms with van der Waals surface area (Å²) in [5.74, 6) is -0.693. The van der Waals surface area contributed by atoms with E-state index in [1.165, 1.54) is 24.3 Å². The van der Waals surface area contributed by atoms with Gasteiger partial charge in [-0.1, -0.05) is 30.3 Å². The lowest BCUT2D eigenvalue weighted by Crippen LogP contribution is -2.22. The molecule has 4 aromatic rings. The average molecular weight is 505 g/mol. The zero-order valence-electron chi connectivity index (χ0n) is 19.5. The summed E-state index contributed by atoms with van der Waals surface area (Å²) in [5, 5.41) is 7.73. The van der Waals surface area contributed by atoms with Crippen molar-refractivity contribution in [2.24, 2.45) is 5.92 Å². The van der Waals surface area contributed by atoms with Crippen LogP contribution in [0.2, 0.25) is 0 Å². The second kappa shape index (κ2) is 9.93. The first-order valence-corrected chi connectivity index (χ1v) is 11.6. The van der Waals surface area contributed by atoms with Crippen molar-refractivity contribution in [3.63, 3.8) is 0 Å². The molecule has 0 aliphatic heterocycles. The number of alkyl halides is 3. The molecule has 1 saturated carbocycles. The van der Waals surface area contributed by atoms with Gasteiger partial charge in [0, 0.05) is 41.5 Å². The Morgan fingerprint density at radius 3 is 2.43 bits per heavy atom. The normalized spacial score (nSPS) is 16.7. The number of halogens is 3. The van der Waals surface area contributed by atoms with Crippen molar-refractivity contribution < 1.29 is 27.5 Å². The molecule has 1 aliphatic carbocycles. The van der Waals surface area contributed by atoms with Gasteiger partial charge in [0.2, 0.25) is 5.91 Å². The Morgan fingerprint density at radius 1 is 0.946 bits per heavy atom. The van der Waals surface area contributed by atoms with Gasteiger partial charge in [-0.25, -0.2) is 0 Å². The van der Waals surface area contributed by atoms with Gasteiger partial charge in [0.25, 0.3) is 5.91 Å². The molecule has 1 aliphatic rings. The molecule has 1 aromatic heterocycles. The van der Waals surface area contributed by atoms with Crippen LogP contribution in [0.1, 0.15) is 33.8 Å². The van der Waals surface area contributed by atoms with Crippen molar-refractivity contribution in [2.75, 3.05) is 5.32 Å². The number of ether oxygens (including phenoxy) is 1. The molecule has 5 rings (SSSR count). The van der Waals surface area contributed by atoms with Crippen LogP contribution in [0.5, 0.6) is 5.75 Å². The molecule has 6 nitrogen and oxygen atoms in total. The third kappa shape index (κ3) is 6.06. The molecule has 0 spiro atoms. The fourth-order valence-electron chi connectivity index (χ4n) is 4.22. The predicted octanol–water partition coefficient (Wildman–Crippen LogP) is 5.81. The van der Waals surface area contributed by atoms with Crippen molar-refractivity contribution in [3.8, 4) is 5.75 Å². The number of nitrogens with one attached hydrogen (secondary N) is 2. The number of pyridine rings is 1. The van der Waals surface area contributed by atoms with Gasteiger partial charge in [-0.05, 0) is 71.3 Å². The summed E-state index contributed by atoms with van der Waals surface area (Å²) < 4.78 is 40.6. The van der Waals surface area contributed by atoms with Crippen LogP contribution in [0.25, 0.3) is 10.8 Å². The lowest BCUT2D eigenvalue weighted by atomic mass is 10.1. The maximum Gasteiger partial charge on any atom is 0.573 e. The van der Waals surface area contributed by atoms with Crippen LogP contribution >= 0.6 is 0 Å². The van der Waals surface area contributed by atoms with Crippen LogP contribution in [0.15, 0.2) is 85.2 Å². The number of fused-ring (bicyclic) bond motifs is 1. The minimum absolute atomic E-state index is 0.0353. The highest BCUT2D eigenvalue weighted by atomic mass is 19.4. The Morgan fingerprint density at radius 2 is 1.70 bits per heavy atom. The van der Waals surface area contributed by atoms with Crippen molar-refractivity contribution in [2.45, 2.75) is 25.2 Å². The van der Waals surface area contributed by atoms with E-state index >= 15 is 0 Å². The van der Waals surface area contributed by atoms with Gasteiger partial charge in [0.1, 0.15) is 5.75 Å². The van der Waals surface area contributed by atoms with E-state index in [4.69, 9.17) is 0 Å². The van der Waals surface area contributed by atoms with Crippen LogP contribution in [0.4, 0.5) is 18.9 Å². The molecule has 2 atom stereocenters. The molecule has 0 unspecified atom stereocenters. The predicted molar refractivity (Wildman–Crippen MR) is 132 cm³/mol. The molecule has 37 heavy (non-hydrogen) atoms. The zero-order chi connectivity index (χ0) is 26.0. The first-order valence-electron chi connectivity index (χ1n) is 11.6. The minimum Gasteiger partial charge on any atom is -0.406 e. The first-order chi connectivity index (χ1) is 17.7. The van der Waals surface area contributed by atoms with Crippen molar-refractivity contribution in [1.82, 2.24) is 10.3 Å². The lowest BCUT2D eigenvalue weighted by Gasteiger charge is -2.10. The van der Waals surface area contributed by atoms with Crippen LogP contribution < -0.4 is 15.4 Å². The van der Waals surface area contributed by atoms with Gasteiger partial charge in [-0.15, -0.1) is 13.2 Å². The molecule has 0 radical (unpaired) electrons. The highest BCUT2D eigenvalue weighted by Crippen LogP contribution is 2.48. The monoisotopic (exact) mass is 505 g/mol. The van der Waals surface area contributed by atoms with Gasteiger partial charge in [-0.3, -0.25) is 14.6 Å². The molecule has 3 aromatic carbocycles. The summed E-state index contributed by atoms with van der Waals surface area (Å²) in [6.45, 7) is 0.156. The van der Waals surface area contributed by atoms with Gasteiger partial charge >= 0.3 is 6.36 Å². The van der Waals surface area contributed by atoms with E-state index in [1.807, 2.05) is 36.4 Å². The summed E-state index contributed by atoms with van der Waals surface area (Å²) in [6.07, 6.45) is -0.524. The second-order valence-corrected chi connectivity index (χ2v) is 8.87. The number of benzene rings is 3. The summed E-state index contributed by atoms with van der Waals surface area (Å²) in [4.78, 5) is 29.3. The van der Waals surface area contributed by atoms with Gasteiger partial charge in [0.15, 0.2) is 0 Å². The van der Waals surface area contributed by atoms with E-state index in [0.29, 0.717) is 11.1 Å². The highest BCUT2D eigenvalue weighted by Gasteiger charge is 2.44. The first kappa shape index (κ1) is 24.3. The second-order valence-electron chi connectivity index (χ2n) is 8.87. The summed E-state index contributed by atoms with van der Waals surface area (Å²) in [7, 11) is 0. The lowest BCUT2D eigenvalue weighted by molar-refractivity contribution is -0.274. The molecular weight excluding hydrogens is 483 g/mol. The third-order valence-electron chi connectivity index (χ3n) is 6.25. The number of amides is 2. The van der Waals surface area contributed by atoms with Gasteiger partial charge in [-0.2, -0.15) is 0 Å². The largest absolute Gasteiger partial charge is 0.573 e. The average Bonchev–Trinajstić information content (AvgIpc) is 3.69. The van der Waals surface area contributed by atoms with E-state index < -0.39 is 6.36 Å². The minimum atomic E-state index is -4.75. The smallest absolute Gasteiger partial charge is 0.406 e. The maximum absolute atomic E-state index is 12.7. The van der Waals surface area contributed by atoms with E-state index in [2.05, 4.69) is 20.4 Å². The Bertz CT molecular complexity index is 1440.